The third-order valence-electron chi connectivity index (χ3n) is 2.19. The van der Waals surface area contributed by atoms with Crippen LogP contribution in [0.2, 0.25) is 0 Å². The van der Waals surface area contributed by atoms with Crippen molar-refractivity contribution in [1.29, 1.82) is 0 Å². The van der Waals surface area contributed by atoms with Crippen LogP contribution in [0.3, 0.4) is 0 Å². The average Bonchev–Trinajstić information content (AvgIpc) is 2.19. The molecule has 0 radical (unpaired) electrons. The molecule has 0 heterocycles. The van der Waals surface area contributed by atoms with Crippen LogP contribution < -0.4 is 10.5 Å². The average molecular weight is 321 g/mol. The summed E-state index contributed by atoms with van der Waals surface area (Å²) in [4.78, 5) is 11.4. The topological polar surface area (TPSA) is 89.3 Å². The van der Waals surface area contributed by atoms with Crippen molar-refractivity contribution < 1.29 is 13.2 Å². The second-order valence-corrected chi connectivity index (χ2v) is 5.78. The predicted molar refractivity (Wildman–Crippen MR) is 69.6 cm³/mol. The Bertz CT molecular complexity index is 528. The minimum Gasteiger partial charge on any atom is -0.326 e. The molecule has 0 saturated heterocycles. The number of hydrogen-bond donors (Lipinski definition) is 2. The highest BCUT2D eigenvalue weighted by Gasteiger charge is 2.14. The van der Waals surface area contributed by atoms with Gasteiger partial charge in [-0.05, 0) is 24.6 Å². The Kier molecular flexibility index (Phi) is 4.67. The van der Waals surface area contributed by atoms with E-state index < -0.39 is 10.0 Å². The van der Waals surface area contributed by atoms with E-state index in [9.17, 15) is 13.2 Å². The number of nitrogens with two attached hydrogens (primary N) is 1. The number of sulfonamides is 1. The zero-order valence-corrected chi connectivity index (χ0v) is 11.6. The normalized spacial score (nSPS) is 11.2. The van der Waals surface area contributed by atoms with Crippen molar-refractivity contribution in [2.45, 2.75) is 18.2 Å². The van der Waals surface area contributed by atoms with Gasteiger partial charge in [0.15, 0.2) is 0 Å². The molecule has 1 aromatic rings. The first-order chi connectivity index (χ1) is 7.86. The molecule has 1 rings (SSSR count). The van der Waals surface area contributed by atoms with E-state index in [-0.39, 0.29) is 10.8 Å². The molecule has 0 unspecified atom stereocenters. The van der Waals surface area contributed by atoms with E-state index in [1.807, 2.05) is 0 Å². The molecule has 0 atom stereocenters. The second kappa shape index (κ2) is 5.61. The first-order valence-corrected chi connectivity index (χ1v) is 7.51. The molecule has 0 aromatic heterocycles. The molecule has 3 N–H and O–H groups in total. The van der Waals surface area contributed by atoms with E-state index >= 15 is 0 Å². The number of rotatable bonds is 4. The molecule has 0 aliphatic rings. The molecule has 1 amide bonds. The molecule has 94 valence electrons. The van der Waals surface area contributed by atoms with E-state index in [0.717, 1.165) is 0 Å². The van der Waals surface area contributed by atoms with E-state index in [1.54, 1.807) is 13.0 Å². The van der Waals surface area contributed by atoms with E-state index in [0.29, 0.717) is 23.0 Å². The molecule has 0 aliphatic heterocycles. The zero-order chi connectivity index (χ0) is 13.1. The number of carbonyl (C=O) groups is 1. The van der Waals surface area contributed by atoms with Gasteiger partial charge in [0.25, 0.3) is 0 Å². The van der Waals surface area contributed by atoms with Crippen molar-refractivity contribution in [3.63, 3.8) is 0 Å². The number of amides is 1. The molecule has 0 aliphatic carbocycles. The fourth-order valence-corrected chi connectivity index (χ4v) is 2.52. The van der Waals surface area contributed by atoms with Crippen molar-refractivity contribution in [2.24, 2.45) is 5.14 Å². The quantitative estimate of drug-likeness (QED) is 0.821. The molecule has 0 spiro atoms. The summed E-state index contributed by atoms with van der Waals surface area (Å²) in [5, 5.41) is 8.25. The number of benzene rings is 1. The third-order valence-corrected chi connectivity index (χ3v) is 3.64. The van der Waals surface area contributed by atoms with Crippen LogP contribution in [-0.4, -0.2) is 19.7 Å². The van der Waals surface area contributed by atoms with Crippen LogP contribution in [0.1, 0.15) is 12.0 Å². The standard InChI is InChI=1S/C10H13BrN2O3S/c1-7-8(13-10(14)5-6-11)3-2-4-9(7)17(12,15)16/h2-4H,5-6H2,1H3,(H,13,14)(H2,12,15,16). The summed E-state index contributed by atoms with van der Waals surface area (Å²) in [5.74, 6) is -0.184. The Morgan fingerprint density at radius 2 is 2.12 bits per heavy atom. The number of nitrogens with one attached hydrogen (secondary N) is 1. The van der Waals surface area contributed by atoms with Gasteiger partial charge in [-0.2, -0.15) is 0 Å². The molecular formula is C10H13BrN2O3S. The Morgan fingerprint density at radius 1 is 1.47 bits per heavy atom. The highest BCUT2D eigenvalue weighted by atomic mass is 79.9. The van der Waals surface area contributed by atoms with Gasteiger partial charge in [0.05, 0.1) is 4.90 Å². The summed E-state index contributed by atoms with van der Waals surface area (Å²) in [7, 11) is -3.76. The van der Waals surface area contributed by atoms with Crippen molar-refractivity contribution in [3.05, 3.63) is 23.8 Å². The van der Waals surface area contributed by atoms with Gasteiger partial charge < -0.3 is 5.32 Å². The van der Waals surface area contributed by atoms with Crippen LogP contribution >= 0.6 is 15.9 Å². The lowest BCUT2D eigenvalue weighted by Crippen LogP contribution is -2.17. The van der Waals surface area contributed by atoms with Gasteiger partial charge in [0.2, 0.25) is 15.9 Å². The minimum atomic E-state index is -3.76. The SMILES string of the molecule is Cc1c(NC(=O)CCBr)cccc1S(N)(=O)=O. The number of primary sulfonamides is 1. The number of carbonyl (C=O) groups excluding carboxylic acids is 1. The van der Waals surface area contributed by atoms with Gasteiger partial charge in [0.1, 0.15) is 0 Å². The zero-order valence-electron chi connectivity index (χ0n) is 9.23. The molecule has 0 bridgehead atoms. The molecular weight excluding hydrogens is 308 g/mol. The van der Waals surface area contributed by atoms with E-state index in [4.69, 9.17) is 5.14 Å². The Balaban J connectivity index is 3.08. The van der Waals surface area contributed by atoms with Crippen LogP contribution in [0.5, 0.6) is 0 Å². The lowest BCUT2D eigenvalue weighted by molar-refractivity contribution is -0.115. The molecule has 17 heavy (non-hydrogen) atoms. The number of hydrogen-bond acceptors (Lipinski definition) is 3. The van der Waals surface area contributed by atoms with Gasteiger partial charge in [-0.3, -0.25) is 4.79 Å². The molecule has 1 aromatic carbocycles. The van der Waals surface area contributed by atoms with Crippen molar-refractivity contribution in [1.82, 2.24) is 0 Å². The van der Waals surface area contributed by atoms with Crippen molar-refractivity contribution >= 4 is 37.5 Å². The minimum absolute atomic E-state index is 0.0224. The number of anilines is 1. The van der Waals surface area contributed by atoms with E-state index in [2.05, 4.69) is 21.2 Å². The first-order valence-electron chi connectivity index (χ1n) is 4.84. The summed E-state index contributed by atoms with van der Waals surface area (Å²) >= 11 is 3.15. The highest BCUT2D eigenvalue weighted by molar-refractivity contribution is 9.09. The maximum absolute atomic E-state index is 11.4. The Hall–Kier alpha value is -0.920. The van der Waals surface area contributed by atoms with Crippen molar-refractivity contribution in [2.75, 3.05) is 10.6 Å². The first kappa shape index (κ1) is 14.1. The van der Waals surface area contributed by atoms with Gasteiger partial charge in [-0.25, -0.2) is 13.6 Å². The summed E-state index contributed by atoms with van der Waals surface area (Å²) in [6, 6.07) is 4.58. The molecule has 5 nitrogen and oxygen atoms in total. The number of halogens is 1. The van der Waals surface area contributed by atoms with Gasteiger partial charge in [-0.15, -0.1) is 0 Å². The highest BCUT2D eigenvalue weighted by Crippen LogP contribution is 2.22. The fraction of sp³-hybridized carbons (Fsp3) is 0.300. The molecule has 7 heteroatoms. The summed E-state index contributed by atoms with van der Waals surface area (Å²) in [5.41, 5.74) is 0.903. The Morgan fingerprint density at radius 3 is 2.65 bits per heavy atom. The lowest BCUT2D eigenvalue weighted by atomic mass is 10.2. The monoisotopic (exact) mass is 320 g/mol. The van der Waals surface area contributed by atoms with Crippen LogP contribution in [0.15, 0.2) is 23.1 Å². The van der Waals surface area contributed by atoms with Crippen LogP contribution in [-0.2, 0) is 14.8 Å². The maximum Gasteiger partial charge on any atom is 0.238 e. The van der Waals surface area contributed by atoms with Gasteiger partial charge in [0, 0.05) is 17.4 Å². The van der Waals surface area contributed by atoms with Crippen LogP contribution in [0, 0.1) is 6.92 Å². The summed E-state index contributed by atoms with van der Waals surface area (Å²) < 4.78 is 22.5. The molecule has 0 fully saturated rings. The van der Waals surface area contributed by atoms with Gasteiger partial charge >= 0.3 is 0 Å². The third kappa shape index (κ3) is 3.79. The fourth-order valence-electron chi connectivity index (χ4n) is 1.36. The lowest BCUT2D eigenvalue weighted by Gasteiger charge is -2.10. The predicted octanol–water partition coefficient (Wildman–Crippen LogP) is 1.37. The largest absolute Gasteiger partial charge is 0.326 e. The summed E-state index contributed by atoms with van der Waals surface area (Å²) in [6.07, 6.45) is 0.318. The molecule has 0 saturated carbocycles. The number of alkyl halides is 1. The summed E-state index contributed by atoms with van der Waals surface area (Å²) in [6.45, 7) is 1.60. The van der Waals surface area contributed by atoms with Crippen LogP contribution in [0.25, 0.3) is 0 Å². The smallest absolute Gasteiger partial charge is 0.238 e. The van der Waals surface area contributed by atoms with Crippen LogP contribution in [0.4, 0.5) is 5.69 Å². The maximum atomic E-state index is 11.4. The van der Waals surface area contributed by atoms with Crippen molar-refractivity contribution in [3.8, 4) is 0 Å². The second-order valence-electron chi connectivity index (χ2n) is 3.46. The Labute approximate surface area is 109 Å². The van der Waals surface area contributed by atoms with E-state index in [1.165, 1.54) is 12.1 Å². The van der Waals surface area contributed by atoms with Gasteiger partial charge in [-0.1, -0.05) is 22.0 Å².